The van der Waals surface area contributed by atoms with E-state index in [2.05, 4.69) is 6.92 Å². The highest BCUT2D eigenvalue weighted by atomic mass is 16.5. The zero-order valence-corrected chi connectivity index (χ0v) is 10.1. The van der Waals surface area contributed by atoms with Crippen LogP contribution in [0.4, 0.5) is 0 Å². The van der Waals surface area contributed by atoms with Crippen LogP contribution in [-0.2, 0) is 9.53 Å². The Bertz CT molecular complexity index is 231. The van der Waals surface area contributed by atoms with E-state index in [-0.39, 0.29) is 6.61 Å². The number of hydrogen-bond acceptors (Lipinski definition) is 3. The molecule has 0 saturated heterocycles. The van der Waals surface area contributed by atoms with E-state index >= 15 is 0 Å². The van der Waals surface area contributed by atoms with Crippen molar-refractivity contribution in [1.29, 1.82) is 0 Å². The number of ether oxygens (including phenoxy) is 1. The molecule has 1 unspecified atom stereocenters. The number of aliphatic carboxylic acids is 1. The minimum Gasteiger partial charge on any atom is -0.481 e. The maximum atomic E-state index is 11.4. The first-order valence-electron chi connectivity index (χ1n) is 5.90. The minimum absolute atomic E-state index is 0.213. The third-order valence-electron chi connectivity index (χ3n) is 3.67. The highest BCUT2D eigenvalue weighted by molar-refractivity contribution is 5.74. The van der Waals surface area contributed by atoms with E-state index in [0.717, 1.165) is 12.8 Å². The first-order chi connectivity index (χ1) is 7.50. The smallest absolute Gasteiger partial charge is 0.309 e. The number of carboxylic acid groups (broad SMARTS) is 1. The summed E-state index contributed by atoms with van der Waals surface area (Å²) in [5.74, 6) is -0.165. The molecule has 0 spiro atoms. The summed E-state index contributed by atoms with van der Waals surface area (Å²) in [6.07, 6.45) is 2.85. The monoisotopic (exact) mass is 230 g/mol. The Morgan fingerprint density at radius 1 is 1.50 bits per heavy atom. The topological polar surface area (TPSA) is 66.8 Å². The molecule has 0 aromatic heterocycles. The van der Waals surface area contributed by atoms with Gasteiger partial charge in [-0.1, -0.05) is 6.92 Å². The molecule has 1 aliphatic carbocycles. The summed E-state index contributed by atoms with van der Waals surface area (Å²) in [5, 5.41) is 19.0. The SMILES string of the molecule is COCC(O)CC1(C(=O)O)CCC(C)CC1. The van der Waals surface area contributed by atoms with Crippen LogP contribution in [0, 0.1) is 11.3 Å². The molecule has 0 heterocycles. The van der Waals surface area contributed by atoms with E-state index in [4.69, 9.17) is 4.74 Å². The van der Waals surface area contributed by atoms with E-state index < -0.39 is 17.5 Å². The summed E-state index contributed by atoms with van der Waals surface area (Å²) in [4.78, 5) is 11.4. The van der Waals surface area contributed by atoms with Gasteiger partial charge in [0, 0.05) is 7.11 Å². The first-order valence-corrected chi connectivity index (χ1v) is 5.90. The summed E-state index contributed by atoms with van der Waals surface area (Å²) >= 11 is 0. The lowest BCUT2D eigenvalue weighted by atomic mass is 9.68. The average Bonchev–Trinajstić information content (AvgIpc) is 2.22. The fraction of sp³-hybridized carbons (Fsp3) is 0.917. The molecule has 1 atom stereocenters. The molecule has 94 valence electrons. The van der Waals surface area contributed by atoms with E-state index in [1.54, 1.807) is 0 Å². The molecule has 1 rings (SSSR count). The third-order valence-corrected chi connectivity index (χ3v) is 3.67. The summed E-state index contributed by atoms with van der Waals surface area (Å²) in [6.45, 7) is 2.36. The summed E-state index contributed by atoms with van der Waals surface area (Å²) < 4.78 is 4.85. The Balaban J connectivity index is 2.63. The average molecular weight is 230 g/mol. The zero-order valence-electron chi connectivity index (χ0n) is 10.1. The molecule has 0 bridgehead atoms. The van der Waals surface area contributed by atoms with Gasteiger partial charge in [0.15, 0.2) is 0 Å². The molecule has 4 nitrogen and oxygen atoms in total. The lowest BCUT2D eigenvalue weighted by Crippen LogP contribution is -2.39. The van der Waals surface area contributed by atoms with Crippen LogP contribution in [0.15, 0.2) is 0 Å². The van der Waals surface area contributed by atoms with Crippen LogP contribution >= 0.6 is 0 Å². The van der Waals surface area contributed by atoms with Crippen molar-refractivity contribution in [2.24, 2.45) is 11.3 Å². The van der Waals surface area contributed by atoms with Gasteiger partial charge < -0.3 is 14.9 Å². The number of aliphatic hydroxyl groups excluding tert-OH is 1. The van der Waals surface area contributed by atoms with Gasteiger partial charge in [-0.2, -0.15) is 0 Å². The third kappa shape index (κ3) is 3.19. The highest BCUT2D eigenvalue weighted by Gasteiger charge is 2.42. The normalized spacial score (nSPS) is 32.3. The van der Waals surface area contributed by atoms with Gasteiger partial charge >= 0.3 is 5.97 Å². The molecule has 1 fully saturated rings. The fourth-order valence-corrected chi connectivity index (χ4v) is 2.52. The summed E-state index contributed by atoms with van der Waals surface area (Å²) in [5.41, 5.74) is -0.732. The van der Waals surface area contributed by atoms with Crippen molar-refractivity contribution in [3.8, 4) is 0 Å². The number of carboxylic acids is 1. The van der Waals surface area contributed by atoms with E-state index in [9.17, 15) is 15.0 Å². The van der Waals surface area contributed by atoms with Crippen LogP contribution < -0.4 is 0 Å². The highest BCUT2D eigenvalue weighted by Crippen LogP contribution is 2.42. The maximum Gasteiger partial charge on any atom is 0.309 e. The molecule has 0 aromatic rings. The quantitative estimate of drug-likeness (QED) is 0.754. The van der Waals surface area contributed by atoms with Crippen molar-refractivity contribution in [3.63, 3.8) is 0 Å². The predicted molar refractivity (Wildman–Crippen MR) is 60.2 cm³/mol. The molecule has 0 radical (unpaired) electrons. The molecule has 1 aliphatic rings. The maximum absolute atomic E-state index is 11.4. The fourth-order valence-electron chi connectivity index (χ4n) is 2.52. The standard InChI is InChI=1S/C12H22O4/c1-9-3-5-12(6-4-9,11(14)15)7-10(13)8-16-2/h9-10,13H,3-8H2,1-2H3,(H,14,15). The second-order valence-electron chi connectivity index (χ2n) is 5.08. The molecule has 0 aliphatic heterocycles. The van der Waals surface area contributed by atoms with E-state index in [0.29, 0.717) is 25.2 Å². The van der Waals surface area contributed by atoms with Crippen LogP contribution in [0.3, 0.4) is 0 Å². The Morgan fingerprint density at radius 2 is 2.06 bits per heavy atom. The van der Waals surface area contributed by atoms with Crippen molar-refractivity contribution >= 4 is 5.97 Å². The lowest BCUT2D eigenvalue weighted by Gasteiger charge is -2.37. The van der Waals surface area contributed by atoms with Gasteiger partial charge in [-0.05, 0) is 38.0 Å². The zero-order chi connectivity index (χ0) is 12.2. The van der Waals surface area contributed by atoms with Crippen molar-refractivity contribution in [1.82, 2.24) is 0 Å². The Kier molecular flexibility index (Phi) is 4.74. The Morgan fingerprint density at radius 3 is 2.50 bits per heavy atom. The molecule has 16 heavy (non-hydrogen) atoms. The number of rotatable bonds is 5. The molecular weight excluding hydrogens is 208 g/mol. The van der Waals surface area contributed by atoms with Crippen molar-refractivity contribution < 1.29 is 19.7 Å². The van der Waals surface area contributed by atoms with Gasteiger partial charge in [0.2, 0.25) is 0 Å². The molecular formula is C12H22O4. The second kappa shape index (κ2) is 5.64. The van der Waals surface area contributed by atoms with Gasteiger partial charge in [0.1, 0.15) is 0 Å². The minimum atomic E-state index is -0.769. The van der Waals surface area contributed by atoms with Gasteiger partial charge in [-0.15, -0.1) is 0 Å². The van der Waals surface area contributed by atoms with Crippen LogP contribution in [-0.4, -0.2) is 36.0 Å². The molecule has 0 aromatic carbocycles. The van der Waals surface area contributed by atoms with Crippen LogP contribution in [0.1, 0.15) is 39.0 Å². The van der Waals surface area contributed by atoms with Crippen LogP contribution in [0.5, 0.6) is 0 Å². The van der Waals surface area contributed by atoms with Crippen molar-refractivity contribution in [2.75, 3.05) is 13.7 Å². The Labute approximate surface area is 96.6 Å². The van der Waals surface area contributed by atoms with Gasteiger partial charge in [0.25, 0.3) is 0 Å². The van der Waals surface area contributed by atoms with Gasteiger partial charge in [-0.25, -0.2) is 0 Å². The first kappa shape index (κ1) is 13.5. The van der Waals surface area contributed by atoms with Crippen molar-refractivity contribution in [3.05, 3.63) is 0 Å². The van der Waals surface area contributed by atoms with Crippen molar-refractivity contribution in [2.45, 2.75) is 45.1 Å². The van der Waals surface area contributed by atoms with Crippen LogP contribution in [0.25, 0.3) is 0 Å². The largest absolute Gasteiger partial charge is 0.481 e. The van der Waals surface area contributed by atoms with Crippen LogP contribution in [0.2, 0.25) is 0 Å². The number of hydrogen-bond donors (Lipinski definition) is 2. The number of carbonyl (C=O) groups is 1. The van der Waals surface area contributed by atoms with Gasteiger partial charge in [-0.3, -0.25) is 4.79 Å². The van der Waals surface area contributed by atoms with E-state index in [1.165, 1.54) is 7.11 Å². The summed E-state index contributed by atoms with van der Waals surface area (Å²) in [7, 11) is 1.51. The second-order valence-corrected chi connectivity index (χ2v) is 5.08. The summed E-state index contributed by atoms with van der Waals surface area (Å²) in [6, 6.07) is 0. The van der Waals surface area contributed by atoms with Gasteiger partial charge in [0.05, 0.1) is 18.1 Å². The number of methoxy groups -OCH3 is 1. The lowest BCUT2D eigenvalue weighted by molar-refractivity contribution is -0.154. The molecule has 1 saturated carbocycles. The van der Waals surface area contributed by atoms with E-state index in [1.807, 2.05) is 0 Å². The molecule has 2 N–H and O–H groups in total. The predicted octanol–water partition coefficient (Wildman–Crippen LogP) is 1.66. The number of aliphatic hydroxyl groups is 1. The molecule has 4 heteroatoms. The molecule has 0 amide bonds. The Hall–Kier alpha value is -0.610.